The Hall–Kier alpha value is -1.92. The summed E-state index contributed by atoms with van der Waals surface area (Å²) in [5.41, 5.74) is 7.52. The van der Waals surface area contributed by atoms with Gasteiger partial charge < -0.3 is 15.8 Å². The van der Waals surface area contributed by atoms with Crippen LogP contribution >= 0.6 is 0 Å². The summed E-state index contributed by atoms with van der Waals surface area (Å²) in [4.78, 5) is 1.68. The number of benzene rings is 1. The van der Waals surface area contributed by atoms with E-state index in [9.17, 15) is 13.2 Å². The minimum absolute atomic E-state index is 0.0946. The van der Waals surface area contributed by atoms with Gasteiger partial charge in [-0.05, 0) is 31.4 Å². The molecule has 1 aromatic rings. The Morgan fingerprint density at radius 1 is 1.43 bits per heavy atom. The van der Waals surface area contributed by atoms with Crippen molar-refractivity contribution in [2.45, 2.75) is 25.9 Å². The van der Waals surface area contributed by atoms with Crippen LogP contribution in [0.5, 0.6) is 0 Å². The Bertz CT molecular complexity index is 543. The highest BCUT2D eigenvalue weighted by Gasteiger charge is 2.42. The first kappa shape index (κ1) is 15.5. The molecule has 0 amide bonds. The molecule has 3 N–H and O–H groups in total. The lowest BCUT2D eigenvalue weighted by Crippen LogP contribution is -2.42. The number of nitrogens with zero attached hydrogens (tertiary/aromatic N) is 2. The lowest BCUT2D eigenvalue weighted by molar-refractivity contribution is -0.176. The van der Waals surface area contributed by atoms with Crippen LogP contribution in [0.4, 0.5) is 18.9 Å². The Labute approximate surface area is 121 Å². The molecule has 0 aromatic heterocycles. The van der Waals surface area contributed by atoms with E-state index in [1.54, 1.807) is 30.0 Å². The molecule has 1 aliphatic rings. The molecule has 0 aliphatic carbocycles. The van der Waals surface area contributed by atoms with Crippen molar-refractivity contribution in [1.82, 2.24) is 0 Å². The van der Waals surface area contributed by atoms with Crippen molar-refractivity contribution in [3.63, 3.8) is 0 Å². The number of halogens is 3. The number of para-hydroxylation sites is 1. The maximum absolute atomic E-state index is 12.9. The fraction of sp³-hybridized carbons (Fsp3) is 0.500. The minimum Gasteiger partial charge on any atom is -0.409 e. The van der Waals surface area contributed by atoms with E-state index in [1.807, 2.05) is 0 Å². The number of hydrogen-bond acceptors (Lipinski definition) is 3. The SMILES string of the molecule is Cc1cccc(/C(N)=N/O)c1N1CCCC(C(F)(F)F)C1. The first-order chi connectivity index (χ1) is 9.84. The molecule has 0 bridgehead atoms. The van der Waals surface area contributed by atoms with Gasteiger partial charge in [0.15, 0.2) is 5.84 Å². The third-order valence-corrected chi connectivity index (χ3v) is 3.82. The molecule has 1 atom stereocenters. The van der Waals surface area contributed by atoms with Crippen molar-refractivity contribution in [3.8, 4) is 0 Å². The molecular weight excluding hydrogens is 283 g/mol. The number of anilines is 1. The van der Waals surface area contributed by atoms with Crippen LogP contribution in [0, 0.1) is 12.8 Å². The zero-order valence-electron chi connectivity index (χ0n) is 11.7. The van der Waals surface area contributed by atoms with E-state index in [0.29, 0.717) is 24.2 Å². The van der Waals surface area contributed by atoms with Crippen molar-refractivity contribution >= 4 is 11.5 Å². The maximum Gasteiger partial charge on any atom is 0.393 e. The predicted molar refractivity (Wildman–Crippen MR) is 74.7 cm³/mol. The molecule has 21 heavy (non-hydrogen) atoms. The zero-order valence-corrected chi connectivity index (χ0v) is 11.7. The van der Waals surface area contributed by atoms with Gasteiger partial charge >= 0.3 is 6.18 Å². The summed E-state index contributed by atoms with van der Waals surface area (Å²) >= 11 is 0. The van der Waals surface area contributed by atoms with Crippen LogP contribution in [-0.4, -0.2) is 30.3 Å². The van der Waals surface area contributed by atoms with E-state index in [4.69, 9.17) is 10.9 Å². The van der Waals surface area contributed by atoms with E-state index in [1.165, 1.54) is 0 Å². The Morgan fingerprint density at radius 3 is 2.76 bits per heavy atom. The number of rotatable bonds is 2. The Kier molecular flexibility index (Phi) is 4.29. The summed E-state index contributed by atoms with van der Waals surface area (Å²) in [5, 5.41) is 11.8. The van der Waals surface area contributed by atoms with Gasteiger partial charge in [0.25, 0.3) is 0 Å². The van der Waals surface area contributed by atoms with Crippen molar-refractivity contribution in [1.29, 1.82) is 0 Å². The van der Waals surface area contributed by atoms with Gasteiger partial charge in [-0.2, -0.15) is 13.2 Å². The average Bonchev–Trinajstić information content (AvgIpc) is 2.45. The predicted octanol–water partition coefficient (Wildman–Crippen LogP) is 2.87. The van der Waals surface area contributed by atoms with E-state index in [-0.39, 0.29) is 18.8 Å². The molecule has 1 fully saturated rings. The second-order valence-corrected chi connectivity index (χ2v) is 5.28. The number of aryl methyl sites for hydroxylation is 1. The zero-order chi connectivity index (χ0) is 15.6. The molecule has 0 radical (unpaired) electrons. The van der Waals surface area contributed by atoms with Crippen LogP contribution in [-0.2, 0) is 0 Å². The van der Waals surface area contributed by atoms with Gasteiger partial charge in [0.05, 0.1) is 11.6 Å². The lowest BCUT2D eigenvalue weighted by atomic mass is 9.95. The molecule has 7 heteroatoms. The second-order valence-electron chi connectivity index (χ2n) is 5.28. The van der Waals surface area contributed by atoms with Crippen molar-refractivity contribution < 1.29 is 18.4 Å². The Morgan fingerprint density at radius 2 is 2.14 bits per heavy atom. The summed E-state index contributed by atoms with van der Waals surface area (Å²) in [6.45, 7) is 2.24. The minimum atomic E-state index is -4.20. The normalized spacial score (nSPS) is 20.7. The highest BCUT2D eigenvalue weighted by molar-refractivity contribution is 6.02. The van der Waals surface area contributed by atoms with E-state index >= 15 is 0 Å². The quantitative estimate of drug-likeness (QED) is 0.382. The van der Waals surface area contributed by atoms with Crippen LogP contribution in [0.15, 0.2) is 23.4 Å². The molecule has 1 unspecified atom stereocenters. The monoisotopic (exact) mass is 301 g/mol. The smallest absolute Gasteiger partial charge is 0.393 e. The molecule has 0 spiro atoms. The number of amidine groups is 1. The summed E-state index contributed by atoms with van der Waals surface area (Å²) in [6.07, 6.45) is -3.59. The second kappa shape index (κ2) is 5.83. The molecule has 4 nitrogen and oxygen atoms in total. The van der Waals surface area contributed by atoms with Gasteiger partial charge in [-0.1, -0.05) is 17.3 Å². The molecule has 2 rings (SSSR count). The van der Waals surface area contributed by atoms with E-state index < -0.39 is 12.1 Å². The van der Waals surface area contributed by atoms with Crippen LogP contribution in [0.2, 0.25) is 0 Å². The highest BCUT2D eigenvalue weighted by Crippen LogP contribution is 2.36. The third-order valence-electron chi connectivity index (χ3n) is 3.82. The van der Waals surface area contributed by atoms with Crippen molar-refractivity contribution in [2.24, 2.45) is 16.8 Å². The molecule has 116 valence electrons. The number of oxime groups is 1. The lowest BCUT2D eigenvalue weighted by Gasteiger charge is -2.37. The number of hydrogen-bond donors (Lipinski definition) is 2. The highest BCUT2D eigenvalue weighted by atomic mass is 19.4. The van der Waals surface area contributed by atoms with Crippen LogP contribution < -0.4 is 10.6 Å². The van der Waals surface area contributed by atoms with E-state index in [0.717, 1.165) is 5.56 Å². The third kappa shape index (κ3) is 3.22. The molecule has 1 aliphatic heterocycles. The molecule has 1 saturated heterocycles. The molecular formula is C14H18F3N3O. The maximum atomic E-state index is 12.9. The van der Waals surface area contributed by atoms with Crippen LogP contribution in [0.1, 0.15) is 24.0 Å². The number of nitrogens with two attached hydrogens (primary N) is 1. The van der Waals surface area contributed by atoms with Gasteiger partial charge in [0.2, 0.25) is 0 Å². The molecule has 1 heterocycles. The van der Waals surface area contributed by atoms with Gasteiger partial charge in [0.1, 0.15) is 0 Å². The summed E-state index contributed by atoms with van der Waals surface area (Å²) < 4.78 is 38.8. The van der Waals surface area contributed by atoms with Crippen LogP contribution in [0.25, 0.3) is 0 Å². The fourth-order valence-electron chi connectivity index (χ4n) is 2.79. The number of alkyl halides is 3. The van der Waals surface area contributed by atoms with Crippen molar-refractivity contribution in [3.05, 3.63) is 29.3 Å². The van der Waals surface area contributed by atoms with Crippen LogP contribution in [0.3, 0.4) is 0 Å². The summed E-state index contributed by atoms with van der Waals surface area (Å²) in [7, 11) is 0. The average molecular weight is 301 g/mol. The topological polar surface area (TPSA) is 61.9 Å². The largest absolute Gasteiger partial charge is 0.409 e. The Balaban J connectivity index is 2.37. The van der Waals surface area contributed by atoms with E-state index in [2.05, 4.69) is 5.16 Å². The fourth-order valence-corrected chi connectivity index (χ4v) is 2.79. The van der Waals surface area contributed by atoms with Gasteiger partial charge in [0, 0.05) is 18.7 Å². The summed E-state index contributed by atoms with van der Waals surface area (Å²) in [6, 6.07) is 5.19. The first-order valence-corrected chi connectivity index (χ1v) is 6.73. The summed E-state index contributed by atoms with van der Waals surface area (Å²) in [5.74, 6) is -1.44. The number of piperidine rings is 1. The molecule has 1 aromatic carbocycles. The first-order valence-electron chi connectivity index (χ1n) is 6.73. The van der Waals surface area contributed by atoms with Gasteiger partial charge in [-0.15, -0.1) is 0 Å². The standard InChI is InChI=1S/C14H18F3N3O/c1-9-4-2-6-11(13(18)19-21)12(9)20-7-3-5-10(8-20)14(15,16)17/h2,4,6,10,21H,3,5,7-8H2,1H3,(H2,18,19). The van der Waals surface area contributed by atoms with Crippen molar-refractivity contribution in [2.75, 3.05) is 18.0 Å². The van der Waals surface area contributed by atoms with Gasteiger partial charge in [-0.25, -0.2) is 0 Å². The molecule has 0 saturated carbocycles. The van der Waals surface area contributed by atoms with Gasteiger partial charge in [-0.3, -0.25) is 0 Å².